The zero-order valence-electron chi connectivity index (χ0n) is 14.4. The van der Waals surface area contributed by atoms with Gasteiger partial charge in [-0.05, 0) is 43.2 Å². The molecule has 0 spiro atoms. The average Bonchev–Trinajstić information content (AvgIpc) is 3.43. The number of nitrogens with one attached hydrogen (secondary N) is 1. The van der Waals surface area contributed by atoms with Gasteiger partial charge in [0, 0.05) is 35.8 Å². The van der Waals surface area contributed by atoms with Gasteiger partial charge in [-0.2, -0.15) is 0 Å². The lowest BCUT2D eigenvalue weighted by Crippen LogP contribution is -2.29. The van der Waals surface area contributed by atoms with Crippen LogP contribution < -0.4 is 5.32 Å². The van der Waals surface area contributed by atoms with Gasteiger partial charge in [0.1, 0.15) is 0 Å². The van der Waals surface area contributed by atoms with E-state index in [2.05, 4.69) is 17.2 Å². The van der Waals surface area contributed by atoms with E-state index in [0.717, 1.165) is 24.0 Å². The van der Waals surface area contributed by atoms with Gasteiger partial charge in [-0.1, -0.05) is 36.1 Å². The summed E-state index contributed by atoms with van der Waals surface area (Å²) < 4.78 is 0. The van der Waals surface area contributed by atoms with E-state index in [1.165, 1.54) is 0 Å². The molecule has 1 saturated heterocycles. The molecule has 26 heavy (non-hydrogen) atoms. The molecule has 0 aromatic heterocycles. The summed E-state index contributed by atoms with van der Waals surface area (Å²) in [6.45, 7) is 0.544. The molecule has 1 aliphatic heterocycles. The first-order valence-corrected chi connectivity index (χ1v) is 8.96. The van der Waals surface area contributed by atoms with E-state index in [9.17, 15) is 9.59 Å². The number of carbonyl (C=O) groups excluding carboxylic acids is 2. The Morgan fingerprint density at radius 3 is 2.50 bits per heavy atom. The van der Waals surface area contributed by atoms with Gasteiger partial charge >= 0.3 is 0 Å². The number of benzene rings is 2. The summed E-state index contributed by atoms with van der Waals surface area (Å²) >= 11 is 0. The van der Waals surface area contributed by atoms with Crippen LogP contribution in [-0.2, 0) is 9.59 Å². The third kappa shape index (κ3) is 3.78. The molecule has 1 heterocycles. The molecule has 1 saturated carbocycles. The number of hydrogen-bond donors (Lipinski definition) is 1. The highest BCUT2D eigenvalue weighted by molar-refractivity contribution is 5.97. The van der Waals surface area contributed by atoms with Gasteiger partial charge in [0.15, 0.2) is 0 Å². The number of nitrogens with zero attached hydrogens (tertiary/aromatic N) is 1. The second kappa shape index (κ2) is 7.05. The Bertz CT molecular complexity index is 891. The van der Waals surface area contributed by atoms with Crippen LogP contribution in [0, 0.1) is 17.8 Å². The van der Waals surface area contributed by atoms with E-state index in [0.29, 0.717) is 24.7 Å². The minimum absolute atomic E-state index is 0.0883. The molecular weight excluding hydrogens is 324 g/mol. The van der Waals surface area contributed by atoms with Gasteiger partial charge in [-0.3, -0.25) is 9.59 Å². The van der Waals surface area contributed by atoms with Crippen LogP contribution in [0.25, 0.3) is 0 Å². The van der Waals surface area contributed by atoms with E-state index in [1.54, 1.807) is 0 Å². The summed E-state index contributed by atoms with van der Waals surface area (Å²) in [5.41, 5.74) is 2.51. The van der Waals surface area contributed by atoms with Crippen molar-refractivity contribution in [1.82, 2.24) is 4.90 Å². The van der Waals surface area contributed by atoms with Crippen LogP contribution >= 0.6 is 0 Å². The first kappa shape index (κ1) is 16.4. The average molecular weight is 344 g/mol. The minimum Gasteiger partial charge on any atom is -0.339 e. The van der Waals surface area contributed by atoms with Crippen molar-refractivity contribution >= 4 is 17.5 Å². The normalized spacial score (nSPS) is 19.0. The predicted octanol–water partition coefficient (Wildman–Crippen LogP) is 3.04. The molecule has 0 radical (unpaired) electrons. The van der Waals surface area contributed by atoms with Crippen LogP contribution in [0.3, 0.4) is 0 Å². The molecule has 2 fully saturated rings. The first-order chi connectivity index (χ1) is 12.7. The zero-order chi connectivity index (χ0) is 17.9. The maximum atomic E-state index is 12.5. The molecule has 4 nitrogen and oxygen atoms in total. The van der Waals surface area contributed by atoms with Crippen molar-refractivity contribution in [2.24, 2.45) is 5.92 Å². The molecule has 2 aliphatic rings. The molecule has 2 amide bonds. The maximum Gasteiger partial charge on any atom is 0.229 e. The fourth-order valence-corrected chi connectivity index (χ4v) is 3.23. The fraction of sp³-hybridized carbons (Fsp3) is 0.273. The molecule has 1 N–H and O–H groups in total. The Kier molecular flexibility index (Phi) is 4.45. The summed E-state index contributed by atoms with van der Waals surface area (Å²) in [5.74, 6) is 5.99. The van der Waals surface area contributed by atoms with Crippen molar-refractivity contribution in [3.8, 4) is 11.8 Å². The van der Waals surface area contributed by atoms with Crippen LogP contribution in [-0.4, -0.2) is 29.3 Å². The van der Waals surface area contributed by atoms with Crippen LogP contribution in [0.5, 0.6) is 0 Å². The summed E-state index contributed by atoms with van der Waals surface area (Å²) in [6.07, 6.45) is 2.46. The maximum absolute atomic E-state index is 12.5. The highest BCUT2D eigenvalue weighted by Crippen LogP contribution is 2.32. The van der Waals surface area contributed by atoms with Crippen LogP contribution in [0.1, 0.15) is 30.4 Å². The number of hydrogen-bond acceptors (Lipinski definition) is 2. The monoisotopic (exact) mass is 344 g/mol. The molecule has 1 aliphatic carbocycles. The molecule has 0 bridgehead atoms. The van der Waals surface area contributed by atoms with Crippen molar-refractivity contribution in [3.63, 3.8) is 0 Å². The Morgan fingerprint density at radius 2 is 1.73 bits per heavy atom. The molecular formula is C22H20N2O2. The minimum atomic E-state index is -0.262. The third-order valence-electron chi connectivity index (χ3n) is 4.77. The van der Waals surface area contributed by atoms with E-state index in [4.69, 9.17) is 0 Å². The van der Waals surface area contributed by atoms with Gasteiger partial charge in [-0.25, -0.2) is 0 Å². The largest absolute Gasteiger partial charge is 0.339 e. The third-order valence-corrected chi connectivity index (χ3v) is 4.77. The molecule has 130 valence electrons. The highest BCUT2D eigenvalue weighted by atomic mass is 16.2. The van der Waals surface area contributed by atoms with Gasteiger partial charge in [0.05, 0.1) is 5.92 Å². The number of carbonyl (C=O) groups is 2. The van der Waals surface area contributed by atoms with Gasteiger partial charge in [-0.15, -0.1) is 0 Å². The SMILES string of the molecule is O=C(Nc1cccc(C#Cc2ccccc2)c1)C1CC(=O)N(C2CC2)C1. The number of anilines is 1. The predicted molar refractivity (Wildman–Crippen MR) is 100 cm³/mol. The Balaban J connectivity index is 1.41. The van der Waals surface area contributed by atoms with Gasteiger partial charge in [0.2, 0.25) is 11.8 Å². The molecule has 2 aromatic carbocycles. The van der Waals surface area contributed by atoms with Gasteiger partial charge in [0.25, 0.3) is 0 Å². The Morgan fingerprint density at radius 1 is 1.00 bits per heavy atom. The topological polar surface area (TPSA) is 49.4 Å². The molecule has 1 atom stereocenters. The number of rotatable bonds is 3. The smallest absolute Gasteiger partial charge is 0.229 e. The lowest BCUT2D eigenvalue weighted by Gasteiger charge is -2.15. The summed E-state index contributed by atoms with van der Waals surface area (Å²) in [4.78, 5) is 26.4. The Hall–Kier alpha value is -3.06. The number of likely N-dealkylation sites (tertiary alicyclic amines) is 1. The standard InChI is InChI=1S/C22H20N2O2/c25-21-14-18(15-24(21)20-11-12-20)22(26)23-19-8-4-7-17(13-19)10-9-16-5-2-1-3-6-16/h1-8,13,18,20H,11-12,14-15H2,(H,23,26). The van der Waals surface area contributed by atoms with Crippen molar-refractivity contribution in [3.05, 3.63) is 65.7 Å². The second-order valence-corrected chi connectivity index (χ2v) is 6.86. The van der Waals surface area contributed by atoms with Crippen LogP contribution in [0.4, 0.5) is 5.69 Å². The van der Waals surface area contributed by atoms with Crippen LogP contribution in [0.2, 0.25) is 0 Å². The lowest BCUT2D eigenvalue weighted by atomic mass is 10.1. The van der Waals surface area contributed by atoms with E-state index in [-0.39, 0.29) is 17.7 Å². The van der Waals surface area contributed by atoms with Crippen molar-refractivity contribution in [1.29, 1.82) is 0 Å². The molecule has 1 unspecified atom stereocenters. The summed E-state index contributed by atoms with van der Waals surface area (Å²) in [5, 5.41) is 2.94. The number of amides is 2. The molecule has 2 aromatic rings. The first-order valence-electron chi connectivity index (χ1n) is 8.96. The van der Waals surface area contributed by atoms with Crippen LogP contribution in [0.15, 0.2) is 54.6 Å². The van der Waals surface area contributed by atoms with Crippen molar-refractivity contribution in [2.75, 3.05) is 11.9 Å². The summed E-state index contributed by atoms with van der Waals surface area (Å²) in [6, 6.07) is 17.7. The van der Waals surface area contributed by atoms with Crippen molar-refractivity contribution in [2.45, 2.75) is 25.3 Å². The zero-order valence-corrected chi connectivity index (χ0v) is 14.4. The Labute approximate surface area is 153 Å². The van der Waals surface area contributed by atoms with E-state index in [1.807, 2.05) is 59.5 Å². The van der Waals surface area contributed by atoms with E-state index >= 15 is 0 Å². The quantitative estimate of drug-likeness (QED) is 0.870. The van der Waals surface area contributed by atoms with Crippen molar-refractivity contribution < 1.29 is 9.59 Å². The lowest BCUT2D eigenvalue weighted by molar-refractivity contribution is -0.128. The van der Waals surface area contributed by atoms with Gasteiger partial charge < -0.3 is 10.2 Å². The van der Waals surface area contributed by atoms with E-state index < -0.39 is 0 Å². The fourth-order valence-electron chi connectivity index (χ4n) is 3.23. The molecule has 4 rings (SSSR count). The summed E-state index contributed by atoms with van der Waals surface area (Å²) in [7, 11) is 0. The molecule has 4 heteroatoms. The second-order valence-electron chi connectivity index (χ2n) is 6.86. The highest BCUT2D eigenvalue weighted by Gasteiger charge is 2.41.